The minimum Gasteiger partial charge on any atom is -0.479 e. The first-order valence-corrected chi connectivity index (χ1v) is 11.6. The molecule has 3 rings (SSSR count). The van der Waals surface area contributed by atoms with Crippen LogP contribution in [0.1, 0.15) is 16.7 Å². The smallest absolute Gasteiger partial charge is 0.339 e. The van der Waals surface area contributed by atoms with E-state index in [1.165, 1.54) is 0 Å². The summed E-state index contributed by atoms with van der Waals surface area (Å²) in [5, 5.41) is 30.9. The molecule has 4 atom stereocenters. The van der Waals surface area contributed by atoms with Gasteiger partial charge in [-0.15, -0.1) is 0 Å². The lowest BCUT2D eigenvalue weighted by Gasteiger charge is -2.28. The summed E-state index contributed by atoms with van der Waals surface area (Å²) in [6.45, 7) is -0.479. The number of hydrogen-bond acceptors (Lipinski definition) is 9. The van der Waals surface area contributed by atoms with Crippen LogP contribution in [0.15, 0.2) is 91.0 Å². The van der Waals surface area contributed by atoms with Crippen molar-refractivity contribution < 1.29 is 49.4 Å². The van der Waals surface area contributed by atoms with Gasteiger partial charge in [0.15, 0.2) is 6.10 Å². The number of benzene rings is 3. The molecule has 0 amide bonds. The van der Waals surface area contributed by atoms with Crippen LogP contribution >= 0.6 is 0 Å². The van der Waals surface area contributed by atoms with Gasteiger partial charge in [-0.25, -0.2) is 34.1 Å². The third kappa shape index (κ3) is 10.00. The number of aliphatic hydroxyl groups is 2. The summed E-state index contributed by atoms with van der Waals surface area (Å²) in [6, 6.07) is 27.1. The van der Waals surface area contributed by atoms with E-state index in [4.69, 9.17) is 29.3 Å². The van der Waals surface area contributed by atoms with Gasteiger partial charge in [0.2, 0.25) is 6.10 Å². The number of aliphatic hydroxyl groups excluding tert-OH is 2. The first-order chi connectivity index (χ1) is 18.0. The highest BCUT2D eigenvalue weighted by atomic mass is 17.2. The van der Waals surface area contributed by atoms with Gasteiger partial charge in [-0.3, -0.25) is 0 Å². The van der Waals surface area contributed by atoms with Crippen LogP contribution in [0.25, 0.3) is 0 Å². The maximum Gasteiger partial charge on any atom is 0.339 e. The zero-order valence-corrected chi connectivity index (χ0v) is 20.0. The first-order valence-electron chi connectivity index (χ1n) is 11.6. The second kappa shape index (κ2) is 15.8. The molecular weight excluding hydrogens is 484 g/mol. The predicted octanol–water partition coefficient (Wildman–Crippen LogP) is 2.98. The van der Waals surface area contributed by atoms with E-state index < -0.39 is 37.0 Å². The van der Waals surface area contributed by atoms with E-state index in [1.807, 2.05) is 42.5 Å². The molecule has 0 aliphatic rings. The van der Waals surface area contributed by atoms with E-state index in [0.29, 0.717) is 0 Å². The average molecular weight is 515 g/mol. The molecule has 0 saturated heterocycles. The van der Waals surface area contributed by atoms with Gasteiger partial charge < -0.3 is 15.3 Å². The normalized spacial score (nSPS) is 14.5. The maximum atomic E-state index is 12.0. The molecular formula is C27H30O10. The van der Waals surface area contributed by atoms with Crippen molar-refractivity contribution in [3.05, 3.63) is 108 Å². The fourth-order valence-electron chi connectivity index (χ4n) is 3.15. The van der Waals surface area contributed by atoms with Gasteiger partial charge in [-0.05, 0) is 16.7 Å². The first kappa shape index (κ1) is 28.4. The Kier molecular flexibility index (Phi) is 12.1. The van der Waals surface area contributed by atoms with Gasteiger partial charge in [0, 0.05) is 0 Å². The van der Waals surface area contributed by atoms with Gasteiger partial charge in [0.1, 0.15) is 38.6 Å². The Hall–Kier alpha value is -3.19. The number of rotatable bonds is 17. The zero-order valence-electron chi connectivity index (χ0n) is 20.0. The molecule has 198 valence electrons. The Labute approximate surface area is 214 Å². The number of hydrogen-bond donors (Lipinski definition) is 3. The lowest BCUT2D eigenvalue weighted by Crippen LogP contribution is -2.51. The van der Waals surface area contributed by atoms with Gasteiger partial charge in [-0.1, -0.05) is 91.0 Å². The van der Waals surface area contributed by atoms with Gasteiger partial charge >= 0.3 is 5.97 Å². The van der Waals surface area contributed by atoms with Crippen molar-refractivity contribution in [1.29, 1.82) is 0 Å². The van der Waals surface area contributed by atoms with E-state index >= 15 is 0 Å². The van der Waals surface area contributed by atoms with Crippen LogP contribution in [0.5, 0.6) is 0 Å². The number of carboxylic acid groups (broad SMARTS) is 1. The van der Waals surface area contributed by atoms with Crippen LogP contribution in [0.2, 0.25) is 0 Å². The minimum absolute atomic E-state index is 0.0476. The second-order valence-electron chi connectivity index (χ2n) is 8.00. The highest BCUT2D eigenvalue weighted by Crippen LogP contribution is 2.17. The van der Waals surface area contributed by atoms with Gasteiger partial charge in [-0.2, -0.15) is 0 Å². The number of carbonyl (C=O) groups is 1. The molecule has 37 heavy (non-hydrogen) atoms. The SMILES string of the molecule is O=C(O)[C@H](OOCc1ccccc1)[C@@H](OOCc1ccccc1)[C@H](O)[C@H](O)COOCc1ccccc1. The summed E-state index contributed by atoms with van der Waals surface area (Å²) in [5.74, 6) is -1.51. The Morgan fingerprint density at radius 1 is 0.622 bits per heavy atom. The van der Waals surface area contributed by atoms with E-state index in [9.17, 15) is 20.1 Å². The van der Waals surface area contributed by atoms with Crippen molar-refractivity contribution in [3.8, 4) is 0 Å². The summed E-state index contributed by atoms with van der Waals surface area (Å²) in [4.78, 5) is 42.6. The van der Waals surface area contributed by atoms with Crippen molar-refractivity contribution >= 4 is 5.97 Å². The fourth-order valence-corrected chi connectivity index (χ4v) is 3.15. The van der Waals surface area contributed by atoms with Crippen molar-refractivity contribution in [2.45, 2.75) is 44.2 Å². The Bertz CT molecular complexity index is 1020. The average Bonchev–Trinajstić information content (AvgIpc) is 2.93. The second-order valence-corrected chi connectivity index (χ2v) is 8.00. The quantitative estimate of drug-likeness (QED) is 0.140. The third-order valence-corrected chi connectivity index (χ3v) is 5.15. The highest BCUT2D eigenvalue weighted by molar-refractivity contribution is 5.73. The summed E-state index contributed by atoms with van der Waals surface area (Å²) in [7, 11) is 0. The fraction of sp³-hybridized carbons (Fsp3) is 0.296. The number of aliphatic carboxylic acids is 1. The molecule has 0 aromatic heterocycles. The van der Waals surface area contributed by atoms with Crippen molar-refractivity contribution in [3.63, 3.8) is 0 Å². The molecule has 3 aromatic rings. The predicted molar refractivity (Wildman–Crippen MR) is 129 cm³/mol. The molecule has 0 heterocycles. The zero-order chi connectivity index (χ0) is 26.3. The van der Waals surface area contributed by atoms with Crippen LogP contribution in [-0.4, -0.2) is 52.3 Å². The summed E-state index contributed by atoms with van der Waals surface area (Å²) in [5.41, 5.74) is 2.30. The molecule has 3 N–H and O–H groups in total. The van der Waals surface area contributed by atoms with Gasteiger partial charge in [0.25, 0.3) is 0 Å². The Morgan fingerprint density at radius 2 is 1.05 bits per heavy atom. The lowest BCUT2D eigenvalue weighted by atomic mass is 10.0. The van der Waals surface area contributed by atoms with E-state index in [-0.39, 0.29) is 19.8 Å². The summed E-state index contributed by atoms with van der Waals surface area (Å²) in [6.07, 6.45) is -6.96. The van der Waals surface area contributed by atoms with Crippen LogP contribution < -0.4 is 0 Å². The molecule has 0 radical (unpaired) electrons. The highest BCUT2D eigenvalue weighted by Gasteiger charge is 2.41. The molecule has 10 nitrogen and oxygen atoms in total. The summed E-state index contributed by atoms with van der Waals surface area (Å²) >= 11 is 0. The maximum absolute atomic E-state index is 12.0. The summed E-state index contributed by atoms with van der Waals surface area (Å²) < 4.78 is 0. The largest absolute Gasteiger partial charge is 0.479 e. The molecule has 0 bridgehead atoms. The molecule has 10 heteroatoms. The monoisotopic (exact) mass is 514 g/mol. The van der Waals surface area contributed by atoms with Crippen LogP contribution in [0, 0.1) is 0 Å². The van der Waals surface area contributed by atoms with E-state index in [0.717, 1.165) is 16.7 Å². The van der Waals surface area contributed by atoms with Crippen LogP contribution in [0.4, 0.5) is 0 Å². The van der Waals surface area contributed by atoms with Gasteiger partial charge in [0.05, 0.1) is 0 Å². The molecule has 0 spiro atoms. The molecule has 0 aliphatic heterocycles. The van der Waals surface area contributed by atoms with Crippen LogP contribution in [0.3, 0.4) is 0 Å². The van der Waals surface area contributed by atoms with Crippen molar-refractivity contribution in [2.24, 2.45) is 0 Å². The lowest BCUT2D eigenvalue weighted by molar-refractivity contribution is -0.407. The third-order valence-electron chi connectivity index (χ3n) is 5.15. The van der Waals surface area contributed by atoms with Crippen molar-refractivity contribution in [2.75, 3.05) is 6.61 Å². The minimum atomic E-state index is -1.85. The number of carboxylic acids is 1. The Morgan fingerprint density at radius 3 is 1.51 bits per heavy atom. The molecule has 3 aromatic carbocycles. The molecule has 0 saturated carbocycles. The molecule has 0 fully saturated rings. The Balaban J connectivity index is 1.59. The molecule has 0 unspecified atom stereocenters. The van der Waals surface area contributed by atoms with Crippen LogP contribution in [-0.2, 0) is 53.9 Å². The molecule has 0 aliphatic carbocycles. The topological polar surface area (TPSA) is 133 Å². The van der Waals surface area contributed by atoms with E-state index in [2.05, 4.69) is 0 Å². The van der Waals surface area contributed by atoms with Crippen molar-refractivity contribution in [1.82, 2.24) is 0 Å². The van der Waals surface area contributed by atoms with E-state index in [1.54, 1.807) is 48.5 Å². The standard InChI is InChI=1S/C27H30O10/c28-23(19-33-32-16-20-10-4-1-5-11-20)24(29)25(36-34-17-21-12-6-2-7-13-21)26(27(30)31)37-35-18-22-14-8-3-9-15-22/h1-15,23-26,28-29H,16-19H2,(H,30,31)/t23-,24-,25+,26-/m1/s1.